The Labute approximate surface area is 162 Å². The maximum atomic E-state index is 13.6. The van der Waals surface area contributed by atoms with Crippen LogP contribution in [0.5, 0.6) is 5.75 Å². The van der Waals surface area contributed by atoms with Crippen molar-refractivity contribution in [1.82, 2.24) is 20.4 Å². The summed E-state index contributed by atoms with van der Waals surface area (Å²) >= 11 is 0. The lowest BCUT2D eigenvalue weighted by molar-refractivity contribution is 0.0906. The molecule has 0 fully saturated rings. The molecule has 0 aliphatic carbocycles. The van der Waals surface area contributed by atoms with E-state index in [-0.39, 0.29) is 11.7 Å². The van der Waals surface area contributed by atoms with Crippen molar-refractivity contribution in [1.29, 1.82) is 0 Å². The molecule has 0 spiro atoms. The molecule has 1 aliphatic rings. The number of fused-ring (bicyclic) bond motifs is 2. The van der Waals surface area contributed by atoms with Gasteiger partial charge < -0.3 is 15.4 Å². The highest BCUT2D eigenvalue weighted by atomic mass is 19.1. The second-order valence-corrected chi connectivity index (χ2v) is 7.53. The molecule has 1 aromatic heterocycles. The largest absolute Gasteiger partial charge is 0.491 e. The molecular formula is C21H23FN4O2. The van der Waals surface area contributed by atoms with E-state index in [4.69, 9.17) is 4.74 Å². The third-order valence-electron chi connectivity index (χ3n) is 5.01. The first-order valence-electron chi connectivity index (χ1n) is 9.27. The van der Waals surface area contributed by atoms with E-state index in [1.807, 2.05) is 26.0 Å². The molecule has 3 aromatic rings. The van der Waals surface area contributed by atoms with Crippen LogP contribution in [-0.2, 0) is 19.1 Å². The van der Waals surface area contributed by atoms with Crippen LogP contribution in [0.4, 0.5) is 4.39 Å². The molecule has 1 aliphatic heterocycles. The van der Waals surface area contributed by atoms with Crippen LogP contribution < -0.4 is 15.4 Å². The van der Waals surface area contributed by atoms with Gasteiger partial charge in [0.15, 0.2) is 0 Å². The summed E-state index contributed by atoms with van der Waals surface area (Å²) in [5, 5.41) is 11.7. The predicted molar refractivity (Wildman–Crippen MR) is 105 cm³/mol. The van der Waals surface area contributed by atoms with Crippen LogP contribution in [0.25, 0.3) is 10.9 Å². The topological polar surface area (TPSA) is 68.2 Å². The molecule has 146 valence electrons. The van der Waals surface area contributed by atoms with Crippen molar-refractivity contribution in [3.05, 3.63) is 59.0 Å². The van der Waals surface area contributed by atoms with Gasteiger partial charge in [-0.05, 0) is 38.1 Å². The molecule has 2 N–H and O–H groups in total. The number of hydrogen-bond donors (Lipinski definition) is 2. The molecule has 0 atom stereocenters. The molecule has 0 unspecified atom stereocenters. The highest BCUT2D eigenvalue weighted by Gasteiger charge is 2.30. The van der Waals surface area contributed by atoms with E-state index in [9.17, 15) is 9.18 Å². The smallest absolute Gasteiger partial charge is 0.255 e. The average molecular weight is 382 g/mol. The van der Waals surface area contributed by atoms with E-state index >= 15 is 0 Å². The van der Waals surface area contributed by atoms with Crippen LogP contribution in [0.2, 0.25) is 0 Å². The van der Waals surface area contributed by atoms with Crippen molar-refractivity contribution in [2.24, 2.45) is 7.05 Å². The normalized spacial score (nSPS) is 14.3. The van der Waals surface area contributed by atoms with Crippen molar-refractivity contribution >= 4 is 16.8 Å². The van der Waals surface area contributed by atoms with Gasteiger partial charge in [-0.15, -0.1) is 0 Å². The number of benzene rings is 2. The summed E-state index contributed by atoms with van der Waals surface area (Å²) in [5.74, 6) is 0.0695. The lowest BCUT2D eigenvalue weighted by Gasteiger charge is -2.25. The van der Waals surface area contributed by atoms with E-state index < -0.39 is 5.54 Å². The number of carbonyl (C=O) groups excluding carboxylic acids is 1. The lowest BCUT2D eigenvalue weighted by atomic mass is 9.96. The number of amides is 1. The molecule has 1 amide bonds. The first kappa shape index (κ1) is 18.4. The van der Waals surface area contributed by atoms with E-state index in [1.165, 1.54) is 12.1 Å². The van der Waals surface area contributed by atoms with Gasteiger partial charge in [-0.1, -0.05) is 12.1 Å². The van der Waals surface area contributed by atoms with Crippen LogP contribution in [0.1, 0.15) is 35.5 Å². The SMILES string of the molecule is Cn1nc(C(C)(C)NC(=O)c2cccc3c2OCCNC3)c2ccc(F)cc21. The molecule has 0 radical (unpaired) electrons. The number of nitrogens with one attached hydrogen (secondary N) is 2. The standard InChI is InChI=1S/C21H23FN4O2/c1-21(2,19-15-8-7-14(22)11-17(15)26(3)25-19)24-20(27)16-6-4-5-13-12-23-9-10-28-18(13)16/h4-8,11,23H,9-10,12H2,1-3H3,(H,24,27). The maximum Gasteiger partial charge on any atom is 0.255 e. The molecule has 0 bridgehead atoms. The zero-order chi connectivity index (χ0) is 19.9. The molecular weight excluding hydrogens is 359 g/mol. The molecule has 0 saturated carbocycles. The van der Waals surface area contributed by atoms with Gasteiger partial charge in [0.05, 0.1) is 22.3 Å². The summed E-state index contributed by atoms with van der Waals surface area (Å²) in [6.07, 6.45) is 0. The fourth-order valence-electron chi connectivity index (χ4n) is 3.62. The first-order valence-corrected chi connectivity index (χ1v) is 9.27. The van der Waals surface area contributed by atoms with Crippen molar-refractivity contribution in [3.8, 4) is 5.75 Å². The second-order valence-electron chi connectivity index (χ2n) is 7.53. The number of rotatable bonds is 3. The Kier molecular flexibility index (Phi) is 4.55. The lowest BCUT2D eigenvalue weighted by Crippen LogP contribution is -2.41. The number of aryl methyl sites for hydroxylation is 1. The number of aromatic nitrogens is 2. The average Bonchev–Trinajstić information content (AvgIpc) is 2.83. The van der Waals surface area contributed by atoms with E-state index in [2.05, 4.69) is 15.7 Å². The maximum absolute atomic E-state index is 13.6. The Morgan fingerprint density at radius 3 is 2.96 bits per heavy atom. The van der Waals surface area contributed by atoms with Gasteiger partial charge in [0.2, 0.25) is 0 Å². The quantitative estimate of drug-likeness (QED) is 0.731. The number of ether oxygens (including phenoxy) is 1. The van der Waals surface area contributed by atoms with Gasteiger partial charge in [-0.2, -0.15) is 5.10 Å². The highest BCUT2D eigenvalue weighted by molar-refractivity contribution is 5.98. The number of halogens is 1. The molecule has 4 rings (SSSR count). The predicted octanol–water partition coefficient (Wildman–Crippen LogP) is 2.86. The van der Waals surface area contributed by atoms with Crippen LogP contribution in [0.15, 0.2) is 36.4 Å². The molecule has 28 heavy (non-hydrogen) atoms. The Bertz CT molecular complexity index is 1060. The van der Waals surface area contributed by atoms with Gasteiger partial charge in [0, 0.05) is 31.1 Å². The summed E-state index contributed by atoms with van der Waals surface area (Å²) in [7, 11) is 1.76. The van der Waals surface area contributed by atoms with Crippen LogP contribution in [0, 0.1) is 5.82 Å². The minimum atomic E-state index is -0.764. The van der Waals surface area contributed by atoms with Crippen LogP contribution in [-0.4, -0.2) is 28.8 Å². The number of carbonyl (C=O) groups is 1. The van der Waals surface area contributed by atoms with Gasteiger partial charge >= 0.3 is 0 Å². The Hall–Kier alpha value is -2.93. The zero-order valence-electron chi connectivity index (χ0n) is 16.2. The second kappa shape index (κ2) is 6.91. The fraction of sp³-hybridized carbons (Fsp3) is 0.333. The first-order chi connectivity index (χ1) is 13.4. The summed E-state index contributed by atoms with van der Waals surface area (Å²) in [5.41, 5.74) is 2.06. The summed E-state index contributed by atoms with van der Waals surface area (Å²) in [6.45, 7) is 5.69. The van der Waals surface area contributed by atoms with Crippen LogP contribution in [0.3, 0.4) is 0 Å². The number of nitrogens with zero attached hydrogens (tertiary/aromatic N) is 2. The monoisotopic (exact) mass is 382 g/mol. The minimum absolute atomic E-state index is 0.232. The molecule has 0 saturated heterocycles. The van der Waals surface area contributed by atoms with Crippen molar-refractivity contribution in [2.45, 2.75) is 25.9 Å². The van der Waals surface area contributed by atoms with Gasteiger partial charge in [-0.3, -0.25) is 9.48 Å². The van der Waals surface area contributed by atoms with Crippen LogP contribution >= 0.6 is 0 Å². The summed E-state index contributed by atoms with van der Waals surface area (Å²) in [4.78, 5) is 13.1. The molecule has 2 heterocycles. The van der Waals surface area contributed by atoms with Crippen molar-refractivity contribution in [2.75, 3.05) is 13.2 Å². The highest BCUT2D eigenvalue weighted by Crippen LogP contribution is 2.30. The zero-order valence-corrected chi connectivity index (χ0v) is 16.2. The Morgan fingerprint density at radius 2 is 2.14 bits per heavy atom. The van der Waals surface area contributed by atoms with Gasteiger partial charge in [0.25, 0.3) is 5.91 Å². The van der Waals surface area contributed by atoms with Crippen molar-refractivity contribution in [3.63, 3.8) is 0 Å². The van der Waals surface area contributed by atoms with Crippen molar-refractivity contribution < 1.29 is 13.9 Å². The third-order valence-corrected chi connectivity index (χ3v) is 5.01. The summed E-state index contributed by atoms with van der Waals surface area (Å²) < 4.78 is 21.1. The third kappa shape index (κ3) is 3.22. The number of para-hydroxylation sites is 1. The molecule has 6 nitrogen and oxygen atoms in total. The van der Waals surface area contributed by atoms with E-state index in [1.54, 1.807) is 23.9 Å². The van der Waals surface area contributed by atoms with E-state index in [0.29, 0.717) is 35.7 Å². The Morgan fingerprint density at radius 1 is 1.32 bits per heavy atom. The van der Waals surface area contributed by atoms with Gasteiger partial charge in [-0.25, -0.2) is 4.39 Å². The fourth-order valence-corrected chi connectivity index (χ4v) is 3.62. The number of hydrogen-bond acceptors (Lipinski definition) is 4. The molecule has 2 aromatic carbocycles. The van der Waals surface area contributed by atoms with E-state index in [0.717, 1.165) is 17.5 Å². The molecule has 7 heteroatoms. The minimum Gasteiger partial charge on any atom is -0.491 e. The Balaban J connectivity index is 1.68. The van der Waals surface area contributed by atoms with Gasteiger partial charge in [0.1, 0.15) is 18.2 Å². The summed E-state index contributed by atoms with van der Waals surface area (Å²) in [6, 6.07) is 10.1.